The molecule has 214 valence electrons. The van der Waals surface area contributed by atoms with Crippen molar-refractivity contribution in [1.82, 2.24) is 4.98 Å². The van der Waals surface area contributed by atoms with E-state index in [1.54, 1.807) is 0 Å². The molecule has 1 heterocycles. The molecule has 40 heavy (non-hydrogen) atoms. The van der Waals surface area contributed by atoms with Gasteiger partial charge in [-0.15, -0.1) is 4.57 Å². The molecular weight excluding hydrogens is 486 g/mol. The predicted molar refractivity (Wildman–Crippen MR) is 174 cm³/mol. The second-order valence-electron chi connectivity index (χ2n) is 11.6. The van der Waals surface area contributed by atoms with Crippen LogP contribution in [0.3, 0.4) is 0 Å². The third kappa shape index (κ3) is 8.78. The Kier molecular flexibility index (Phi) is 12.8. The molecule has 0 aliphatic rings. The molecule has 0 atom stereocenters. The van der Waals surface area contributed by atoms with Crippen LogP contribution >= 0.6 is 0 Å². The Morgan fingerprint density at radius 3 is 1.70 bits per heavy atom. The standard InChI is InChI=1S/C37H52N3/c1-3-4-5-6-7-8-9-10-11-12-13-14-15-16-17-23-31-39(2)35-29-24-30-36-37(35)38-33-27-21-22-28-34(33)40(36)32-25-19-18-20-26-32/h18-22,24-30H,3-17,23,31H2,1-2H3/q+1. The van der Waals surface area contributed by atoms with E-state index in [0.29, 0.717) is 0 Å². The van der Waals surface area contributed by atoms with Crippen molar-refractivity contribution < 1.29 is 4.57 Å². The van der Waals surface area contributed by atoms with Gasteiger partial charge in [0.25, 0.3) is 0 Å². The molecule has 4 rings (SSSR count). The summed E-state index contributed by atoms with van der Waals surface area (Å²) in [7, 11) is 2.23. The molecule has 0 radical (unpaired) electrons. The fourth-order valence-corrected chi connectivity index (χ4v) is 5.99. The third-order valence-corrected chi connectivity index (χ3v) is 8.36. The van der Waals surface area contributed by atoms with Gasteiger partial charge in [0, 0.05) is 37.9 Å². The first-order valence-electron chi connectivity index (χ1n) is 16.3. The summed E-state index contributed by atoms with van der Waals surface area (Å²) in [5.74, 6) is 0. The highest BCUT2D eigenvalue weighted by molar-refractivity contribution is 5.91. The lowest BCUT2D eigenvalue weighted by Gasteiger charge is -2.20. The minimum absolute atomic E-state index is 1.03. The van der Waals surface area contributed by atoms with Crippen LogP contribution in [0.5, 0.6) is 0 Å². The van der Waals surface area contributed by atoms with E-state index in [1.807, 2.05) is 0 Å². The average Bonchev–Trinajstić information content (AvgIpc) is 2.99. The van der Waals surface area contributed by atoms with E-state index in [-0.39, 0.29) is 0 Å². The molecular formula is C37H52N3+. The summed E-state index contributed by atoms with van der Waals surface area (Å²) in [5.41, 5.74) is 6.78. The van der Waals surface area contributed by atoms with Crippen LogP contribution < -0.4 is 9.47 Å². The molecule has 4 aromatic rings. The first-order valence-corrected chi connectivity index (χ1v) is 16.3. The van der Waals surface area contributed by atoms with Crippen LogP contribution in [-0.2, 0) is 0 Å². The smallest absolute Gasteiger partial charge is 0.239 e. The van der Waals surface area contributed by atoms with Gasteiger partial charge >= 0.3 is 0 Å². The molecule has 0 unspecified atom stereocenters. The predicted octanol–water partition coefficient (Wildman–Crippen LogP) is 10.4. The van der Waals surface area contributed by atoms with E-state index in [0.717, 1.165) is 28.6 Å². The quantitative estimate of drug-likeness (QED) is 0.0672. The van der Waals surface area contributed by atoms with Gasteiger partial charge in [0.05, 0.1) is 5.69 Å². The topological polar surface area (TPSA) is 20.0 Å². The van der Waals surface area contributed by atoms with Crippen molar-refractivity contribution in [2.75, 3.05) is 18.5 Å². The van der Waals surface area contributed by atoms with Crippen molar-refractivity contribution in [3.05, 3.63) is 72.8 Å². The SMILES string of the molecule is CCCCCCCCCCCCCCCCCCN(C)c1cccc2c1nc1ccccc1[n+]2-c1ccccc1. The van der Waals surface area contributed by atoms with Gasteiger partial charge in [-0.25, -0.2) is 4.98 Å². The minimum atomic E-state index is 1.03. The number of nitrogens with zero attached hydrogens (tertiary/aromatic N) is 3. The zero-order valence-corrected chi connectivity index (χ0v) is 25.3. The number of anilines is 1. The summed E-state index contributed by atoms with van der Waals surface area (Å²) < 4.78 is 2.35. The van der Waals surface area contributed by atoms with Crippen molar-refractivity contribution in [1.29, 1.82) is 0 Å². The first-order chi connectivity index (χ1) is 19.8. The number of hydrogen-bond donors (Lipinski definition) is 0. The number of benzene rings is 3. The first kappa shape index (κ1) is 30.0. The number of aromatic nitrogens is 2. The van der Waals surface area contributed by atoms with Crippen molar-refractivity contribution in [3.63, 3.8) is 0 Å². The summed E-state index contributed by atoms with van der Waals surface area (Å²) in [6.45, 7) is 3.36. The van der Waals surface area contributed by atoms with Gasteiger partial charge < -0.3 is 4.90 Å². The van der Waals surface area contributed by atoms with E-state index in [2.05, 4.69) is 96.2 Å². The second kappa shape index (κ2) is 17.0. The molecule has 0 fully saturated rings. The minimum Gasteiger partial charge on any atom is -0.373 e. The lowest BCUT2D eigenvalue weighted by atomic mass is 10.0. The molecule has 0 aliphatic carbocycles. The number of unbranched alkanes of at least 4 members (excludes halogenated alkanes) is 15. The molecule has 3 nitrogen and oxygen atoms in total. The van der Waals surface area contributed by atoms with Gasteiger partial charge in [-0.05, 0) is 18.6 Å². The van der Waals surface area contributed by atoms with Crippen LogP contribution in [-0.4, -0.2) is 18.6 Å². The Balaban J connectivity index is 1.20. The monoisotopic (exact) mass is 538 g/mol. The fraction of sp³-hybridized carbons (Fsp3) is 0.514. The van der Waals surface area contributed by atoms with E-state index in [1.165, 1.54) is 114 Å². The van der Waals surface area contributed by atoms with Gasteiger partial charge in [-0.3, -0.25) is 0 Å². The molecule has 1 aromatic heterocycles. The van der Waals surface area contributed by atoms with Gasteiger partial charge in [-0.2, -0.15) is 0 Å². The molecule has 0 aliphatic heterocycles. The van der Waals surface area contributed by atoms with Crippen LogP contribution in [0.25, 0.3) is 27.8 Å². The molecule has 0 bridgehead atoms. The number of hydrogen-bond acceptors (Lipinski definition) is 2. The highest BCUT2D eigenvalue weighted by Crippen LogP contribution is 2.26. The Morgan fingerprint density at radius 2 is 1.07 bits per heavy atom. The van der Waals surface area contributed by atoms with E-state index in [4.69, 9.17) is 4.98 Å². The second-order valence-corrected chi connectivity index (χ2v) is 11.6. The van der Waals surface area contributed by atoms with Crippen LogP contribution in [0, 0.1) is 0 Å². The normalized spacial score (nSPS) is 11.4. The Morgan fingerprint density at radius 1 is 0.550 bits per heavy atom. The molecule has 3 heteroatoms. The summed E-state index contributed by atoms with van der Waals surface area (Å²) in [6.07, 6.45) is 22.5. The maximum absolute atomic E-state index is 5.15. The van der Waals surface area contributed by atoms with E-state index < -0.39 is 0 Å². The number of rotatable bonds is 19. The summed E-state index contributed by atoms with van der Waals surface area (Å²) in [4.78, 5) is 7.55. The highest BCUT2D eigenvalue weighted by atomic mass is 15.1. The van der Waals surface area contributed by atoms with E-state index >= 15 is 0 Å². The van der Waals surface area contributed by atoms with Crippen LogP contribution in [0.1, 0.15) is 110 Å². The Labute approximate surface area is 243 Å². The fourth-order valence-electron chi connectivity index (χ4n) is 5.99. The zero-order chi connectivity index (χ0) is 27.8. The van der Waals surface area contributed by atoms with Crippen molar-refractivity contribution in [2.45, 2.75) is 110 Å². The summed E-state index contributed by atoms with van der Waals surface area (Å²) in [5, 5.41) is 0. The van der Waals surface area contributed by atoms with Crippen LogP contribution in [0.15, 0.2) is 72.8 Å². The molecule has 0 saturated heterocycles. The molecule has 0 N–H and O–H groups in total. The number of para-hydroxylation sites is 4. The van der Waals surface area contributed by atoms with Gasteiger partial charge in [0.2, 0.25) is 16.7 Å². The van der Waals surface area contributed by atoms with Gasteiger partial charge in [-0.1, -0.05) is 140 Å². The Hall–Kier alpha value is -2.94. The maximum Gasteiger partial charge on any atom is 0.239 e. The molecule has 0 spiro atoms. The lowest BCUT2D eigenvalue weighted by Crippen LogP contribution is -2.33. The van der Waals surface area contributed by atoms with Crippen LogP contribution in [0.2, 0.25) is 0 Å². The van der Waals surface area contributed by atoms with Gasteiger partial charge in [0.15, 0.2) is 5.52 Å². The van der Waals surface area contributed by atoms with E-state index in [9.17, 15) is 0 Å². The zero-order valence-electron chi connectivity index (χ0n) is 25.3. The van der Waals surface area contributed by atoms with Crippen LogP contribution in [0.4, 0.5) is 5.69 Å². The van der Waals surface area contributed by atoms with Crippen molar-refractivity contribution in [2.24, 2.45) is 0 Å². The molecule has 3 aromatic carbocycles. The van der Waals surface area contributed by atoms with Crippen molar-refractivity contribution >= 4 is 27.8 Å². The lowest BCUT2D eigenvalue weighted by molar-refractivity contribution is -0.538. The molecule has 0 amide bonds. The molecule has 0 saturated carbocycles. The largest absolute Gasteiger partial charge is 0.373 e. The van der Waals surface area contributed by atoms with Crippen molar-refractivity contribution in [3.8, 4) is 5.69 Å². The third-order valence-electron chi connectivity index (χ3n) is 8.36. The average molecular weight is 539 g/mol. The number of fused-ring (bicyclic) bond motifs is 2. The summed E-state index contributed by atoms with van der Waals surface area (Å²) in [6, 6.07) is 25.7. The summed E-state index contributed by atoms with van der Waals surface area (Å²) >= 11 is 0. The highest BCUT2D eigenvalue weighted by Gasteiger charge is 2.21. The Bertz CT molecular complexity index is 1270. The maximum atomic E-state index is 5.15. The van der Waals surface area contributed by atoms with Gasteiger partial charge in [0.1, 0.15) is 5.52 Å².